The maximum Gasteiger partial charge on any atom is 0.306 e. The smallest absolute Gasteiger partial charge is 0.306 e. The lowest BCUT2D eigenvalue weighted by Gasteiger charge is -2.44. The molecule has 0 rings (SSSR count). The van der Waals surface area contributed by atoms with E-state index in [9.17, 15) is 15.0 Å². The Morgan fingerprint density at radius 3 is 1.83 bits per heavy atom. The minimum atomic E-state index is -1.15. The van der Waals surface area contributed by atoms with Gasteiger partial charge in [0.1, 0.15) is 11.3 Å². The van der Waals surface area contributed by atoms with Crippen molar-refractivity contribution < 1.29 is 20.1 Å². The third kappa shape index (κ3) is 14.7. The van der Waals surface area contributed by atoms with Gasteiger partial charge in [0.2, 0.25) is 0 Å². The fraction of sp³-hybridized carbons (Fsp3) is 0.875. The third-order valence-electron chi connectivity index (χ3n) is 5.23. The molecule has 0 heterocycles. The lowest BCUT2D eigenvalue weighted by molar-refractivity contribution is -0.213. The van der Waals surface area contributed by atoms with Crippen LogP contribution in [0, 0.1) is 11.8 Å². The monoisotopic (exact) mass is 415 g/mol. The van der Waals surface area contributed by atoms with Gasteiger partial charge in [-0.1, -0.05) is 59.1 Å². The van der Waals surface area contributed by atoms with Crippen LogP contribution in [-0.4, -0.2) is 51.6 Å². The zero-order valence-corrected chi connectivity index (χ0v) is 20.4. The standard InChI is InChI=1S/C14H26O2.C10H23NO2/c1-3-4-5-6-7-8-9-10-11-12-13(2)14(15)16;1-8(2)7-10(13,11(5)6)9(3,4)12/h8-9,13H,3-7,10-12H2,1-2H3,(H,15,16);8,12-13H,7H2,1-6H3. The molecule has 0 amide bonds. The molecule has 0 spiro atoms. The van der Waals surface area contributed by atoms with E-state index in [4.69, 9.17) is 5.11 Å². The summed E-state index contributed by atoms with van der Waals surface area (Å²) in [6.07, 6.45) is 14.2. The first-order chi connectivity index (χ1) is 13.3. The number of aliphatic hydroxyl groups is 2. The fourth-order valence-corrected chi connectivity index (χ4v) is 3.14. The average molecular weight is 416 g/mol. The molecule has 0 aliphatic carbocycles. The molecule has 5 heteroatoms. The first kappa shape index (κ1) is 30.3. The Balaban J connectivity index is 0. The SMILES string of the molecule is CC(C)CC(O)(N(C)C)C(C)(C)O.CCCCCCC=CCCCC(C)C(=O)O. The van der Waals surface area contributed by atoms with Crippen molar-refractivity contribution in [2.24, 2.45) is 11.8 Å². The first-order valence-electron chi connectivity index (χ1n) is 11.3. The van der Waals surface area contributed by atoms with Crippen LogP contribution in [0.1, 0.15) is 99.3 Å². The van der Waals surface area contributed by atoms with E-state index in [1.54, 1.807) is 39.8 Å². The predicted molar refractivity (Wildman–Crippen MR) is 123 cm³/mol. The van der Waals surface area contributed by atoms with Gasteiger partial charge in [0.25, 0.3) is 0 Å². The van der Waals surface area contributed by atoms with Crippen molar-refractivity contribution in [1.82, 2.24) is 4.90 Å². The van der Waals surface area contributed by atoms with E-state index in [1.165, 1.54) is 32.1 Å². The molecule has 5 nitrogen and oxygen atoms in total. The summed E-state index contributed by atoms with van der Waals surface area (Å²) in [5.41, 5.74) is -2.26. The number of rotatable bonds is 14. The van der Waals surface area contributed by atoms with Crippen LogP contribution < -0.4 is 0 Å². The van der Waals surface area contributed by atoms with E-state index in [0.717, 1.165) is 19.3 Å². The highest BCUT2D eigenvalue weighted by Gasteiger charge is 2.44. The molecule has 0 aliphatic heterocycles. The summed E-state index contributed by atoms with van der Waals surface area (Å²) >= 11 is 0. The highest BCUT2D eigenvalue weighted by Crippen LogP contribution is 2.30. The van der Waals surface area contributed by atoms with Crippen molar-refractivity contribution in [2.45, 2.75) is 111 Å². The number of allylic oxidation sites excluding steroid dienone is 2. The molecule has 0 saturated heterocycles. The average Bonchev–Trinajstić information content (AvgIpc) is 2.58. The molecule has 0 aliphatic rings. The summed E-state index contributed by atoms with van der Waals surface area (Å²) in [6.45, 7) is 11.3. The molecule has 174 valence electrons. The Labute approximate surface area is 180 Å². The largest absolute Gasteiger partial charge is 0.481 e. The predicted octanol–water partition coefficient (Wildman–Crippen LogP) is 5.46. The number of hydrogen-bond acceptors (Lipinski definition) is 4. The highest BCUT2D eigenvalue weighted by atomic mass is 16.4. The Morgan fingerprint density at radius 1 is 0.966 bits per heavy atom. The van der Waals surface area contributed by atoms with E-state index in [-0.39, 0.29) is 5.92 Å². The Morgan fingerprint density at radius 2 is 1.48 bits per heavy atom. The van der Waals surface area contributed by atoms with E-state index in [0.29, 0.717) is 12.3 Å². The van der Waals surface area contributed by atoms with Crippen LogP contribution in [-0.2, 0) is 4.79 Å². The van der Waals surface area contributed by atoms with Crippen molar-refractivity contribution in [1.29, 1.82) is 0 Å². The number of likely N-dealkylation sites (N-methyl/N-ethyl adjacent to an activating group) is 1. The normalized spacial score (nSPS) is 15.3. The molecule has 0 fully saturated rings. The van der Waals surface area contributed by atoms with Crippen LogP contribution in [0.2, 0.25) is 0 Å². The second kappa shape index (κ2) is 15.9. The highest BCUT2D eigenvalue weighted by molar-refractivity contribution is 5.69. The lowest BCUT2D eigenvalue weighted by Crippen LogP contribution is -2.60. The maximum absolute atomic E-state index is 10.5. The van der Waals surface area contributed by atoms with Crippen LogP contribution in [0.5, 0.6) is 0 Å². The van der Waals surface area contributed by atoms with E-state index < -0.39 is 17.3 Å². The Hall–Kier alpha value is -0.910. The van der Waals surface area contributed by atoms with Gasteiger partial charge in [0.15, 0.2) is 0 Å². The molecule has 0 bridgehead atoms. The molecule has 0 aromatic carbocycles. The van der Waals surface area contributed by atoms with Crippen molar-refractivity contribution in [3.63, 3.8) is 0 Å². The zero-order valence-electron chi connectivity index (χ0n) is 20.4. The minimum Gasteiger partial charge on any atom is -0.481 e. The molecular weight excluding hydrogens is 366 g/mol. The number of hydrogen-bond donors (Lipinski definition) is 3. The minimum absolute atomic E-state index is 0.196. The van der Waals surface area contributed by atoms with Crippen molar-refractivity contribution >= 4 is 5.97 Å². The number of unbranched alkanes of at least 4 members (excludes halogenated alkanes) is 5. The molecule has 0 radical (unpaired) electrons. The molecule has 2 atom stereocenters. The summed E-state index contributed by atoms with van der Waals surface area (Å²) in [6, 6.07) is 0. The van der Waals surface area contributed by atoms with Gasteiger partial charge in [-0.05, 0) is 72.4 Å². The van der Waals surface area contributed by atoms with Gasteiger partial charge in [-0.25, -0.2) is 0 Å². The summed E-state index contributed by atoms with van der Waals surface area (Å²) < 4.78 is 0. The lowest BCUT2D eigenvalue weighted by atomic mass is 9.86. The van der Waals surface area contributed by atoms with Crippen molar-refractivity contribution in [3.05, 3.63) is 12.2 Å². The van der Waals surface area contributed by atoms with Crippen LogP contribution >= 0.6 is 0 Å². The fourth-order valence-electron chi connectivity index (χ4n) is 3.14. The molecule has 0 aromatic rings. The third-order valence-corrected chi connectivity index (χ3v) is 5.23. The van der Waals surface area contributed by atoms with Gasteiger partial charge in [0, 0.05) is 0 Å². The zero-order chi connectivity index (χ0) is 23.1. The van der Waals surface area contributed by atoms with Crippen LogP contribution in [0.15, 0.2) is 12.2 Å². The molecule has 2 unspecified atom stereocenters. The summed E-state index contributed by atoms with van der Waals surface area (Å²) in [7, 11) is 3.56. The van der Waals surface area contributed by atoms with Crippen LogP contribution in [0.4, 0.5) is 0 Å². The quantitative estimate of drug-likeness (QED) is 0.199. The molecule has 29 heavy (non-hydrogen) atoms. The number of carboxylic acids is 1. The van der Waals surface area contributed by atoms with Crippen LogP contribution in [0.25, 0.3) is 0 Å². The van der Waals surface area contributed by atoms with Gasteiger partial charge in [-0.15, -0.1) is 0 Å². The van der Waals surface area contributed by atoms with E-state index in [2.05, 4.69) is 19.1 Å². The topological polar surface area (TPSA) is 81.0 Å². The number of nitrogens with zero attached hydrogens (tertiary/aromatic N) is 1. The van der Waals surface area contributed by atoms with Gasteiger partial charge in [-0.2, -0.15) is 0 Å². The van der Waals surface area contributed by atoms with Gasteiger partial charge in [-0.3, -0.25) is 9.69 Å². The molecule has 3 N–H and O–H groups in total. The summed E-state index contributed by atoms with van der Waals surface area (Å²) in [5, 5.41) is 28.8. The van der Waals surface area contributed by atoms with Gasteiger partial charge in [0.05, 0.1) is 5.92 Å². The van der Waals surface area contributed by atoms with Crippen LogP contribution in [0.3, 0.4) is 0 Å². The maximum atomic E-state index is 10.5. The van der Waals surface area contributed by atoms with Gasteiger partial charge < -0.3 is 15.3 Å². The number of carboxylic acid groups (broad SMARTS) is 1. The Bertz CT molecular complexity index is 441. The van der Waals surface area contributed by atoms with E-state index in [1.807, 2.05) is 13.8 Å². The number of carbonyl (C=O) groups is 1. The van der Waals surface area contributed by atoms with Crippen molar-refractivity contribution in [2.75, 3.05) is 14.1 Å². The second-order valence-corrected chi connectivity index (χ2v) is 9.36. The Kier molecular flexibility index (Phi) is 16.6. The summed E-state index contributed by atoms with van der Waals surface area (Å²) in [4.78, 5) is 12.2. The van der Waals surface area contributed by atoms with Crippen molar-refractivity contribution in [3.8, 4) is 0 Å². The molecule has 0 aromatic heterocycles. The molecular formula is C24H49NO4. The van der Waals surface area contributed by atoms with E-state index >= 15 is 0 Å². The summed E-state index contributed by atoms with van der Waals surface area (Å²) in [5.74, 6) is -0.527. The van der Waals surface area contributed by atoms with Gasteiger partial charge >= 0.3 is 5.97 Å². The first-order valence-corrected chi connectivity index (χ1v) is 11.3. The number of aliphatic carboxylic acids is 1. The second-order valence-electron chi connectivity index (χ2n) is 9.36. The molecule has 0 saturated carbocycles.